The van der Waals surface area contributed by atoms with Crippen LogP contribution in [0.15, 0.2) is 35.6 Å². The Hall–Kier alpha value is -2.49. The molecule has 0 spiro atoms. The number of carbonyl (C=O) groups is 1. The normalized spacial score (nSPS) is 29.9. The van der Waals surface area contributed by atoms with Crippen molar-refractivity contribution in [1.29, 1.82) is 0 Å². The van der Waals surface area contributed by atoms with E-state index in [9.17, 15) is 39.0 Å². The summed E-state index contributed by atoms with van der Waals surface area (Å²) >= 11 is 3.27. The predicted molar refractivity (Wildman–Crippen MR) is 146 cm³/mol. The van der Waals surface area contributed by atoms with Gasteiger partial charge in [-0.05, 0) is 22.0 Å². The highest BCUT2D eigenvalue weighted by molar-refractivity contribution is 9.10. The molecule has 0 aliphatic carbocycles. The number of aliphatic hydroxyl groups excluding tert-OH is 3. The number of imidazole rings is 1. The van der Waals surface area contributed by atoms with Crippen LogP contribution in [0.3, 0.4) is 0 Å². The van der Waals surface area contributed by atoms with Gasteiger partial charge in [-0.1, -0.05) is 0 Å². The second-order valence-electron chi connectivity index (χ2n) is 9.67. The fourth-order valence-corrected chi connectivity index (χ4v) is 7.27. The maximum Gasteiger partial charge on any atom is 0.481 e. The Morgan fingerprint density at radius 2 is 1.80 bits per heavy atom. The molecule has 0 saturated carbocycles. The summed E-state index contributed by atoms with van der Waals surface area (Å²) in [6.07, 6.45) is -5.19. The van der Waals surface area contributed by atoms with Gasteiger partial charge in [-0.2, -0.15) is 8.88 Å². The number of nitrogen functional groups attached to an aromatic ring is 1. The second-order valence-corrected chi connectivity index (χ2v) is 13.4. The number of amides is 1. The molecule has 2 saturated heterocycles. The molecular formula is C21H27BrN7O13P2+. The Morgan fingerprint density at radius 1 is 1.11 bits per heavy atom. The van der Waals surface area contributed by atoms with Gasteiger partial charge in [0.05, 0.1) is 19.3 Å². The largest absolute Gasteiger partial charge is 0.481 e. The maximum atomic E-state index is 12.5. The molecule has 3 aromatic heterocycles. The minimum Gasteiger partial charge on any atom is -0.390 e. The van der Waals surface area contributed by atoms with Gasteiger partial charge in [0, 0.05) is 12.5 Å². The summed E-state index contributed by atoms with van der Waals surface area (Å²) < 4.78 is 52.9. The number of pyridine rings is 1. The molecule has 0 aromatic carbocycles. The molecule has 2 aliphatic heterocycles. The zero-order chi connectivity index (χ0) is 32.0. The predicted octanol–water partition coefficient (Wildman–Crippen LogP) is -1.22. The van der Waals surface area contributed by atoms with Gasteiger partial charge in [0.15, 0.2) is 40.2 Å². The first-order valence-electron chi connectivity index (χ1n) is 12.6. The molecule has 240 valence electrons. The van der Waals surface area contributed by atoms with Gasteiger partial charge in [-0.3, -0.25) is 18.4 Å². The fourth-order valence-electron chi connectivity index (χ4n) is 4.60. The van der Waals surface area contributed by atoms with Crippen molar-refractivity contribution in [2.24, 2.45) is 5.73 Å². The van der Waals surface area contributed by atoms with Gasteiger partial charge in [-0.15, -0.1) is 0 Å². The average molecular weight is 727 g/mol. The van der Waals surface area contributed by atoms with Crippen LogP contribution in [0.4, 0.5) is 5.82 Å². The quantitative estimate of drug-likeness (QED) is 0.0691. The molecule has 5 rings (SSSR count). The average Bonchev–Trinajstić information content (AvgIpc) is 3.58. The van der Waals surface area contributed by atoms with E-state index in [1.54, 1.807) is 0 Å². The van der Waals surface area contributed by atoms with E-state index in [2.05, 4.69) is 35.2 Å². The van der Waals surface area contributed by atoms with Gasteiger partial charge < -0.3 is 46.0 Å². The molecule has 0 radical (unpaired) electrons. The van der Waals surface area contributed by atoms with E-state index in [-0.39, 0.29) is 28.1 Å². The molecule has 2 aliphatic rings. The van der Waals surface area contributed by atoms with E-state index in [1.807, 2.05) is 0 Å². The fraction of sp³-hybridized carbons (Fsp3) is 0.476. The van der Waals surface area contributed by atoms with Crippen LogP contribution in [0.2, 0.25) is 0 Å². The second kappa shape index (κ2) is 12.7. The number of anilines is 1. The number of nitrogens with zero attached hydrogens (tertiary/aromatic N) is 5. The molecule has 9 atom stereocenters. The van der Waals surface area contributed by atoms with Crippen molar-refractivity contribution in [2.45, 2.75) is 49.4 Å². The molecule has 9 N–H and O–H groups in total. The first-order valence-corrected chi connectivity index (χ1v) is 16.4. The Labute approximate surface area is 255 Å². The van der Waals surface area contributed by atoms with Crippen molar-refractivity contribution in [2.75, 3.05) is 18.9 Å². The van der Waals surface area contributed by atoms with Gasteiger partial charge in [0.2, 0.25) is 0 Å². The van der Waals surface area contributed by atoms with Crippen molar-refractivity contribution >= 4 is 54.5 Å². The van der Waals surface area contributed by atoms with Crippen LogP contribution in [-0.2, 0) is 32.0 Å². The molecule has 0 bridgehead atoms. The highest BCUT2D eigenvalue weighted by Gasteiger charge is 2.50. The number of phosphoric acid groups is 2. The monoisotopic (exact) mass is 726 g/mol. The lowest BCUT2D eigenvalue weighted by molar-refractivity contribution is -0.765. The zero-order valence-electron chi connectivity index (χ0n) is 22.2. The molecule has 1 amide bonds. The number of hydrogen-bond donors (Lipinski definition) is 7. The SMILES string of the molecule is NC(=O)c1ccc[n+]([C@@H]2O[C@H](COP(=O)(O)OP(=O)(O)OC[C@H]3O[C@@H](n4c(Br)nc5c(N)ncnc54)C[C@@H]3O)[C@@H](O)[C@H]2O)c1. The highest BCUT2D eigenvalue weighted by atomic mass is 79.9. The number of primary amides is 1. The molecule has 44 heavy (non-hydrogen) atoms. The Morgan fingerprint density at radius 3 is 2.48 bits per heavy atom. The Bertz CT molecular complexity index is 1650. The van der Waals surface area contributed by atoms with Crippen LogP contribution in [0.5, 0.6) is 0 Å². The molecule has 2 unspecified atom stereocenters. The highest BCUT2D eigenvalue weighted by Crippen LogP contribution is 2.60. The number of ether oxygens (including phenoxy) is 2. The molecule has 5 heterocycles. The summed E-state index contributed by atoms with van der Waals surface area (Å²) in [5, 5.41) is 31.2. The number of halogens is 1. The first-order chi connectivity index (χ1) is 20.7. The summed E-state index contributed by atoms with van der Waals surface area (Å²) in [5.74, 6) is -0.642. The molecule has 23 heteroatoms. The van der Waals surface area contributed by atoms with Crippen LogP contribution in [0.25, 0.3) is 11.2 Å². The minimum atomic E-state index is -5.32. The topological polar surface area (TPSA) is 298 Å². The number of aliphatic hydroxyl groups is 3. The number of aromatic nitrogens is 5. The maximum absolute atomic E-state index is 12.5. The van der Waals surface area contributed by atoms with Crippen LogP contribution < -0.4 is 16.0 Å². The van der Waals surface area contributed by atoms with Crippen LogP contribution in [-0.4, -0.2) is 94.3 Å². The summed E-state index contributed by atoms with van der Waals surface area (Å²) in [7, 11) is -10.6. The molecule has 2 fully saturated rings. The van der Waals surface area contributed by atoms with Crippen molar-refractivity contribution < 1.29 is 66.4 Å². The molecule has 20 nitrogen and oxygen atoms in total. The summed E-state index contributed by atoms with van der Waals surface area (Å²) in [6.45, 7) is -1.61. The van der Waals surface area contributed by atoms with E-state index >= 15 is 0 Å². The lowest BCUT2D eigenvalue weighted by Gasteiger charge is -2.20. The van der Waals surface area contributed by atoms with Crippen molar-refractivity contribution in [3.63, 3.8) is 0 Å². The third-order valence-corrected chi connectivity index (χ3v) is 9.86. The first kappa shape index (κ1) is 32.9. The Balaban J connectivity index is 1.15. The van der Waals surface area contributed by atoms with E-state index in [4.69, 9.17) is 30.0 Å². The minimum absolute atomic E-state index is 0.0120. The third-order valence-electron chi connectivity index (χ3n) is 6.70. The van der Waals surface area contributed by atoms with Gasteiger partial charge in [0.1, 0.15) is 36.4 Å². The molecule has 3 aromatic rings. The number of rotatable bonds is 11. The van der Waals surface area contributed by atoms with E-state index < -0.39 is 77.7 Å². The number of hydrogen-bond acceptors (Lipinski definition) is 15. The van der Waals surface area contributed by atoms with Crippen LogP contribution >= 0.6 is 31.6 Å². The van der Waals surface area contributed by atoms with Gasteiger partial charge >= 0.3 is 15.6 Å². The van der Waals surface area contributed by atoms with Crippen LogP contribution in [0, 0.1) is 0 Å². The molecular weight excluding hydrogens is 700 g/mol. The van der Waals surface area contributed by atoms with Crippen molar-refractivity contribution in [1.82, 2.24) is 19.5 Å². The van der Waals surface area contributed by atoms with E-state index in [0.717, 1.165) is 0 Å². The van der Waals surface area contributed by atoms with Gasteiger partial charge in [-0.25, -0.2) is 24.1 Å². The smallest absolute Gasteiger partial charge is 0.390 e. The number of carbonyl (C=O) groups excluding carboxylic acids is 1. The van der Waals surface area contributed by atoms with Crippen molar-refractivity contribution in [3.05, 3.63) is 41.2 Å². The lowest BCUT2D eigenvalue weighted by Crippen LogP contribution is -2.46. The standard InChI is InChI=1S/C21H26BrN7O13P2/c22-21-27-14-17(23)25-8-26-19(14)29(21)13-4-10(30)11(40-13)6-38-43(34,35)42-44(36,37)39-7-12-15(31)16(32)20(41-12)28-3-1-2-9(5-28)18(24)33/h1-3,5,8,10-13,15-16,20,30-32H,4,6-7H2,(H5-,23,24,25,26,33,34,35,36,37)/p+1/t10-,11+,12+,13+,15+,16+,20+/m0/s1. The lowest BCUT2D eigenvalue weighted by atomic mass is 10.1. The van der Waals surface area contributed by atoms with E-state index in [0.29, 0.717) is 5.65 Å². The third kappa shape index (κ3) is 7.00. The zero-order valence-corrected chi connectivity index (χ0v) is 25.6. The summed E-state index contributed by atoms with van der Waals surface area (Å²) in [4.78, 5) is 43.7. The summed E-state index contributed by atoms with van der Waals surface area (Å²) in [5.41, 5.74) is 11.7. The van der Waals surface area contributed by atoms with Gasteiger partial charge in [0.25, 0.3) is 12.1 Å². The van der Waals surface area contributed by atoms with E-state index in [1.165, 1.54) is 40.0 Å². The van der Waals surface area contributed by atoms with Crippen molar-refractivity contribution in [3.8, 4) is 0 Å². The van der Waals surface area contributed by atoms with Crippen LogP contribution in [0.1, 0.15) is 29.2 Å². The number of phosphoric ester groups is 2. The summed E-state index contributed by atoms with van der Waals surface area (Å²) in [6, 6.07) is 2.86. The number of fused-ring (bicyclic) bond motifs is 1. The number of nitrogens with two attached hydrogens (primary N) is 2. The Kier molecular flexibility index (Phi) is 9.51.